The summed E-state index contributed by atoms with van der Waals surface area (Å²) < 4.78 is 0. The molecule has 0 saturated heterocycles. The van der Waals surface area contributed by atoms with Crippen LogP contribution in [0.1, 0.15) is 16.7 Å². The first-order valence-corrected chi connectivity index (χ1v) is 6.76. The summed E-state index contributed by atoms with van der Waals surface area (Å²) in [6, 6.07) is 16.4. The van der Waals surface area contributed by atoms with Crippen LogP contribution in [-0.4, -0.2) is 11.9 Å². The van der Waals surface area contributed by atoms with Gasteiger partial charge in [0.2, 0.25) is 0 Å². The summed E-state index contributed by atoms with van der Waals surface area (Å²) in [6.07, 6.45) is 0. The Morgan fingerprint density at radius 2 is 1.53 bits per heavy atom. The Hall–Kier alpha value is -1.35. The Morgan fingerprint density at radius 1 is 0.947 bits per heavy atom. The van der Waals surface area contributed by atoms with Crippen LogP contribution in [0.3, 0.4) is 0 Å². The molecule has 2 N–H and O–H groups in total. The molecule has 0 aliphatic heterocycles. The highest BCUT2D eigenvalue weighted by molar-refractivity contribution is 6.30. The van der Waals surface area contributed by atoms with E-state index in [1.54, 1.807) is 0 Å². The minimum absolute atomic E-state index is 0.589. The number of halogens is 1. The van der Waals surface area contributed by atoms with Crippen molar-refractivity contribution < 1.29 is 0 Å². The van der Waals surface area contributed by atoms with Crippen LogP contribution in [0, 0.1) is 0 Å². The second-order valence-corrected chi connectivity index (χ2v) is 5.26. The van der Waals surface area contributed by atoms with Gasteiger partial charge in [-0.3, -0.25) is 4.90 Å². The molecule has 0 aromatic heterocycles. The summed E-state index contributed by atoms with van der Waals surface area (Å²) >= 11 is 6.00. The molecule has 0 spiro atoms. The van der Waals surface area contributed by atoms with Crippen molar-refractivity contribution in [1.82, 2.24) is 4.90 Å². The van der Waals surface area contributed by atoms with E-state index in [0.717, 1.165) is 18.1 Å². The van der Waals surface area contributed by atoms with Crippen LogP contribution in [0.2, 0.25) is 5.02 Å². The number of nitrogens with two attached hydrogens (primary N) is 1. The van der Waals surface area contributed by atoms with E-state index in [2.05, 4.69) is 42.3 Å². The van der Waals surface area contributed by atoms with Gasteiger partial charge < -0.3 is 5.73 Å². The largest absolute Gasteiger partial charge is 0.326 e. The van der Waals surface area contributed by atoms with E-state index in [1.165, 1.54) is 16.7 Å². The molecule has 19 heavy (non-hydrogen) atoms. The summed E-state index contributed by atoms with van der Waals surface area (Å²) in [5.74, 6) is 0. The molecule has 0 saturated carbocycles. The van der Waals surface area contributed by atoms with E-state index in [9.17, 15) is 0 Å². The fraction of sp³-hybridized carbons (Fsp3) is 0.250. The Balaban J connectivity index is 1.98. The van der Waals surface area contributed by atoms with Crippen LogP contribution >= 0.6 is 11.6 Å². The molecule has 3 heteroatoms. The summed E-state index contributed by atoms with van der Waals surface area (Å²) in [5, 5.41) is 0.788. The molecule has 0 unspecified atom stereocenters. The Morgan fingerprint density at radius 3 is 2.16 bits per heavy atom. The van der Waals surface area contributed by atoms with Crippen LogP contribution in [0.25, 0.3) is 0 Å². The smallest absolute Gasteiger partial charge is 0.0409 e. The van der Waals surface area contributed by atoms with Crippen molar-refractivity contribution >= 4 is 11.6 Å². The van der Waals surface area contributed by atoms with Gasteiger partial charge in [-0.25, -0.2) is 0 Å². The molecule has 2 aromatic carbocycles. The molecule has 0 atom stereocenters. The van der Waals surface area contributed by atoms with Gasteiger partial charge in [-0.15, -0.1) is 0 Å². The summed E-state index contributed by atoms with van der Waals surface area (Å²) in [6.45, 7) is 2.37. The maximum Gasteiger partial charge on any atom is 0.0409 e. The van der Waals surface area contributed by atoms with Crippen LogP contribution in [-0.2, 0) is 19.6 Å². The summed E-state index contributed by atoms with van der Waals surface area (Å²) in [4.78, 5) is 2.27. The number of nitrogens with zero attached hydrogens (tertiary/aromatic N) is 1. The highest BCUT2D eigenvalue weighted by Crippen LogP contribution is 2.14. The molecule has 100 valence electrons. The molecular formula is C16H19ClN2. The van der Waals surface area contributed by atoms with Crippen molar-refractivity contribution in [3.63, 3.8) is 0 Å². The van der Waals surface area contributed by atoms with Gasteiger partial charge in [0.1, 0.15) is 0 Å². The first kappa shape index (κ1) is 14.1. The van der Waals surface area contributed by atoms with Crippen molar-refractivity contribution in [2.75, 3.05) is 7.05 Å². The summed E-state index contributed by atoms with van der Waals surface area (Å²) in [5.41, 5.74) is 9.35. The number of hydrogen-bond acceptors (Lipinski definition) is 2. The fourth-order valence-corrected chi connectivity index (χ4v) is 2.38. The van der Waals surface area contributed by atoms with Crippen LogP contribution in [0.5, 0.6) is 0 Å². The van der Waals surface area contributed by atoms with Crippen molar-refractivity contribution in [3.8, 4) is 0 Å². The van der Waals surface area contributed by atoms with Crippen molar-refractivity contribution in [2.24, 2.45) is 5.73 Å². The maximum absolute atomic E-state index is 6.00. The highest BCUT2D eigenvalue weighted by atomic mass is 35.5. The molecule has 0 aliphatic rings. The lowest BCUT2D eigenvalue weighted by molar-refractivity contribution is 0.319. The van der Waals surface area contributed by atoms with E-state index in [0.29, 0.717) is 6.54 Å². The predicted molar refractivity (Wildman–Crippen MR) is 81.0 cm³/mol. The van der Waals surface area contributed by atoms with Gasteiger partial charge in [0.15, 0.2) is 0 Å². The maximum atomic E-state index is 6.00. The predicted octanol–water partition coefficient (Wildman–Crippen LogP) is 3.43. The van der Waals surface area contributed by atoms with Gasteiger partial charge in [0.05, 0.1) is 0 Å². The van der Waals surface area contributed by atoms with Gasteiger partial charge >= 0.3 is 0 Å². The van der Waals surface area contributed by atoms with Crippen molar-refractivity contribution in [2.45, 2.75) is 19.6 Å². The Kier molecular flexibility index (Phi) is 4.97. The van der Waals surface area contributed by atoms with Crippen molar-refractivity contribution in [1.29, 1.82) is 0 Å². The fourth-order valence-electron chi connectivity index (χ4n) is 2.17. The minimum atomic E-state index is 0.589. The summed E-state index contributed by atoms with van der Waals surface area (Å²) in [7, 11) is 2.11. The van der Waals surface area contributed by atoms with Gasteiger partial charge in [-0.2, -0.15) is 0 Å². The molecule has 2 aromatic rings. The molecule has 0 radical (unpaired) electrons. The minimum Gasteiger partial charge on any atom is -0.326 e. The van der Waals surface area contributed by atoms with Crippen LogP contribution in [0.15, 0.2) is 48.5 Å². The molecular weight excluding hydrogens is 256 g/mol. The molecule has 0 aliphatic carbocycles. The first-order chi connectivity index (χ1) is 9.17. The molecule has 0 heterocycles. The molecule has 0 amide bonds. The van der Waals surface area contributed by atoms with Gasteiger partial charge in [-0.05, 0) is 35.9 Å². The van der Waals surface area contributed by atoms with E-state index in [4.69, 9.17) is 17.3 Å². The van der Waals surface area contributed by atoms with E-state index < -0.39 is 0 Å². The first-order valence-electron chi connectivity index (χ1n) is 6.38. The van der Waals surface area contributed by atoms with Gasteiger partial charge in [0.25, 0.3) is 0 Å². The zero-order valence-electron chi connectivity index (χ0n) is 11.1. The lowest BCUT2D eigenvalue weighted by Crippen LogP contribution is -2.17. The van der Waals surface area contributed by atoms with E-state index in [1.807, 2.05) is 18.2 Å². The Bertz CT molecular complexity index is 540. The highest BCUT2D eigenvalue weighted by Gasteiger charge is 2.03. The second kappa shape index (κ2) is 6.71. The molecule has 0 bridgehead atoms. The third kappa shape index (κ3) is 4.35. The normalized spacial score (nSPS) is 10.9. The van der Waals surface area contributed by atoms with Crippen molar-refractivity contribution in [3.05, 3.63) is 70.2 Å². The number of hydrogen-bond donors (Lipinski definition) is 1. The third-order valence-electron chi connectivity index (χ3n) is 3.02. The Labute approximate surface area is 119 Å². The molecule has 2 rings (SSSR count). The molecule has 0 fully saturated rings. The lowest BCUT2D eigenvalue weighted by atomic mass is 10.1. The zero-order valence-corrected chi connectivity index (χ0v) is 11.9. The average molecular weight is 275 g/mol. The monoisotopic (exact) mass is 274 g/mol. The van der Waals surface area contributed by atoms with Crippen LogP contribution in [0.4, 0.5) is 0 Å². The molecule has 2 nitrogen and oxygen atoms in total. The number of benzene rings is 2. The lowest BCUT2D eigenvalue weighted by Gasteiger charge is -2.17. The third-order valence-corrected chi connectivity index (χ3v) is 3.26. The second-order valence-electron chi connectivity index (χ2n) is 4.83. The van der Waals surface area contributed by atoms with Crippen LogP contribution < -0.4 is 5.73 Å². The van der Waals surface area contributed by atoms with E-state index in [-0.39, 0.29) is 0 Å². The van der Waals surface area contributed by atoms with E-state index >= 15 is 0 Å². The zero-order chi connectivity index (χ0) is 13.7. The number of rotatable bonds is 5. The quantitative estimate of drug-likeness (QED) is 0.905. The standard InChI is InChI=1S/C16H19ClN2/c1-19(12-15-6-3-7-16(17)9-15)11-14-5-2-4-13(8-14)10-18/h2-9H,10-12,18H2,1H3. The van der Waals surface area contributed by atoms with Gasteiger partial charge in [0, 0.05) is 24.7 Å². The van der Waals surface area contributed by atoms with Gasteiger partial charge in [-0.1, -0.05) is 48.0 Å². The topological polar surface area (TPSA) is 29.3 Å². The average Bonchev–Trinajstić information content (AvgIpc) is 2.38. The SMILES string of the molecule is CN(Cc1cccc(Cl)c1)Cc1cccc(CN)c1.